The van der Waals surface area contributed by atoms with Crippen LogP contribution in [0.5, 0.6) is 0 Å². The third kappa shape index (κ3) is 3.21. The number of nitro benzene ring substituents is 1. The molecule has 0 amide bonds. The molecule has 0 aliphatic rings. The fourth-order valence-electron chi connectivity index (χ4n) is 1.07. The molecule has 0 saturated heterocycles. The van der Waals surface area contributed by atoms with Gasteiger partial charge in [-0.1, -0.05) is 11.6 Å². The molecule has 1 rings (SSSR count). The monoisotopic (exact) mass is 227 g/mol. The van der Waals surface area contributed by atoms with Gasteiger partial charge >= 0.3 is 0 Å². The molecule has 0 spiro atoms. The van der Waals surface area contributed by atoms with Crippen LogP contribution < -0.4 is 5.73 Å². The van der Waals surface area contributed by atoms with Crippen molar-refractivity contribution in [2.24, 2.45) is 10.7 Å². The fourth-order valence-corrected chi connectivity index (χ4v) is 1.26. The molecule has 80 valence electrons. The van der Waals surface area contributed by atoms with Gasteiger partial charge in [-0.25, -0.2) is 0 Å². The summed E-state index contributed by atoms with van der Waals surface area (Å²) in [4.78, 5) is 14.1. The number of aliphatic imine (C=N–C) groups is 1. The molecule has 1 aromatic rings. The first kappa shape index (κ1) is 11.5. The highest BCUT2D eigenvalue weighted by Crippen LogP contribution is 2.23. The minimum atomic E-state index is -0.465. The number of benzene rings is 1. The van der Waals surface area contributed by atoms with E-state index in [0.29, 0.717) is 16.4 Å². The number of nitrogens with two attached hydrogens (primary N) is 1. The van der Waals surface area contributed by atoms with Crippen molar-refractivity contribution < 1.29 is 4.92 Å². The van der Waals surface area contributed by atoms with E-state index in [1.54, 1.807) is 6.92 Å². The SMILES string of the molecule is CC(N)=NCc1cc(Cl)ccc1[N+](=O)[O-]. The molecule has 0 atom stereocenters. The average Bonchev–Trinajstić information content (AvgIpc) is 2.14. The molecule has 1 aromatic carbocycles. The van der Waals surface area contributed by atoms with Crippen molar-refractivity contribution in [3.8, 4) is 0 Å². The molecule has 0 aliphatic carbocycles. The third-order valence-electron chi connectivity index (χ3n) is 1.74. The molecule has 0 aliphatic heterocycles. The Morgan fingerprint density at radius 3 is 2.87 bits per heavy atom. The van der Waals surface area contributed by atoms with E-state index in [-0.39, 0.29) is 12.2 Å². The van der Waals surface area contributed by atoms with E-state index >= 15 is 0 Å². The Bertz CT molecular complexity index is 414. The lowest BCUT2D eigenvalue weighted by Crippen LogP contribution is -2.06. The van der Waals surface area contributed by atoms with Crippen LogP contribution in [0.25, 0.3) is 0 Å². The second kappa shape index (κ2) is 4.75. The standard InChI is InChI=1S/C9H10ClN3O2/c1-6(11)12-5-7-4-8(10)2-3-9(7)13(14)15/h2-4H,5H2,1H3,(H2,11,12). The fraction of sp³-hybridized carbons (Fsp3) is 0.222. The molecular weight excluding hydrogens is 218 g/mol. The number of amidine groups is 1. The zero-order valence-corrected chi connectivity index (χ0v) is 8.86. The minimum absolute atomic E-state index is 0.00407. The Kier molecular flexibility index (Phi) is 3.62. The second-order valence-corrected chi connectivity index (χ2v) is 3.42. The smallest absolute Gasteiger partial charge is 0.274 e. The lowest BCUT2D eigenvalue weighted by molar-refractivity contribution is -0.385. The lowest BCUT2D eigenvalue weighted by Gasteiger charge is -2.00. The Balaban J connectivity index is 3.07. The first-order valence-corrected chi connectivity index (χ1v) is 4.58. The molecule has 5 nitrogen and oxygen atoms in total. The molecule has 0 heterocycles. The highest BCUT2D eigenvalue weighted by Gasteiger charge is 2.12. The highest BCUT2D eigenvalue weighted by molar-refractivity contribution is 6.30. The number of hydrogen-bond donors (Lipinski definition) is 1. The van der Waals surface area contributed by atoms with Gasteiger partial charge in [-0.2, -0.15) is 0 Å². The summed E-state index contributed by atoms with van der Waals surface area (Å²) in [5, 5.41) is 11.1. The number of nitro groups is 1. The van der Waals surface area contributed by atoms with Crippen molar-refractivity contribution in [1.82, 2.24) is 0 Å². The maximum absolute atomic E-state index is 10.7. The maximum Gasteiger partial charge on any atom is 0.274 e. The van der Waals surface area contributed by atoms with Crippen LogP contribution in [0.4, 0.5) is 5.69 Å². The maximum atomic E-state index is 10.7. The molecule has 0 unspecified atom stereocenters. The van der Waals surface area contributed by atoms with Gasteiger partial charge in [0.25, 0.3) is 5.69 Å². The molecule has 0 saturated carbocycles. The predicted molar refractivity (Wildman–Crippen MR) is 59.1 cm³/mol. The van der Waals surface area contributed by atoms with Crippen LogP contribution in [0.2, 0.25) is 5.02 Å². The molecule has 0 aromatic heterocycles. The topological polar surface area (TPSA) is 81.5 Å². The normalized spacial score (nSPS) is 11.5. The quantitative estimate of drug-likeness (QED) is 0.372. The zero-order valence-electron chi connectivity index (χ0n) is 8.11. The lowest BCUT2D eigenvalue weighted by atomic mass is 10.2. The summed E-state index contributed by atoms with van der Waals surface area (Å²) in [6.45, 7) is 1.79. The Morgan fingerprint density at radius 2 is 2.33 bits per heavy atom. The molecule has 15 heavy (non-hydrogen) atoms. The molecule has 2 N–H and O–H groups in total. The van der Waals surface area contributed by atoms with Crippen molar-refractivity contribution in [3.05, 3.63) is 38.9 Å². The average molecular weight is 228 g/mol. The largest absolute Gasteiger partial charge is 0.388 e. The van der Waals surface area contributed by atoms with Crippen molar-refractivity contribution >= 4 is 23.1 Å². The molecule has 0 fully saturated rings. The van der Waals surface area contributed by atoms with Crippen LogP contribution in [0, 0.1) is 10.1 Å². The van der Waals surface area contributed by atoms with Crippen LogP contribution >= 0.6 is 11.6 Å². The van der Waals surface area contributed by atoms with E-state index in [4.69, 9.17) is 17.3 Å². The summed E-state index contributed by atoms with van der Waals surface area (Å²) >= 11 is 5.73. The second-order valence-electron chi connectivity index (χ2n) is 2.99. The zero-order chi connectivity index (χ0) is 11.4. The Morgan fingerprint density at radius 1 is 1.67 bits per heavy atom. The summed E-state index contributed by atoms with van der Waals surface area (Å²) in [6.07, 6.45) is 0. The van der Waals surface area contributed by atoms with Crippen LogP contribution in [-0.2, 0) is 6.54 Å². The molecule has 0 radical (unpaired) electrons. The van der Waals surface area contributed by atoms with Gasteiger partial charge < -0.3 is 5.73 Å². The van der Waals surface area contributed by atoms with Crippen LogP contribution in [0.3, 0.4) is 0 Å². The van der Waals surface area contributed by atoms with Gasteiger partial charge in [0.2, 0.25) is 0 Å². The Hall–Kier alpha value is -1.62. The van der Waals surface area contributed by atoms with Gasteiger partial charge in [0.05, 0.1) is 22.9 Å². The van der Waals surface area contributed by atoms with Gasteiger partial charge in [-0.05, 0) is 19.1 Å². The van der Waals surface area contributed by atoms with Gasteiger partial charge in [-0.15, -0.1) is 0 Å². The van der Waals surface area contributed by atoms with Crippen LogP contribution in [0.15, 0.2) is 23.2 Å². The van der Waals surface area contributed by atoms with Crippen LogP contribution in [0.1, 0.15) is 12.5 Å². The highest BCUT2D eigenvalue weighted by atomic mass is 35.5. The van der Waals surface area contributed by atoms with Gasteiger partial charge in [-0.3, -0.25) is 15.1 Å². The first-order valence-electron chi connectivity index (χ1n) is 4.20. The van der Waals surface area contributed by atoms with E-state index in [9.17, 15) is 10.1 Å². The summed E-state index contributed by atoms with van der Waals surface area (Å²) in [5.41, 5.74) is 5.81. The summed E-state index contributed by atoms with van der Waals surface area (Å²) < 4.78 is 0. The molecular formula is C9H10ClN3O2. The predicted octanol–water partition coefficient (Wildman–Crippen LogP) is 2.13. The van der Waals surface area contributed by atoms with Crippen molar-refractivity contribution in [3.63, 3.8) is 0 Å². The number of hydrogen-bond acceptors (Lipinski definition) is 3. The summed E-state index contributed by atoms with van der Waals surface area (Å²) in [7, 11) is 0. The van der Waals surface area contributed by atoms with Crippen LogP contribution in [-0.4, -0.2) is 10.8 Å². The van der Waals surface area contributed by atoms with Crippen molar-refractivity contribution in [2.75, 3.05) is 0 Å². The Labute approximate surface area is 91.7 Å². The van der Waals surface area contributed by atoms with E-state index in [1.807, 2.05) is 0 Å². The van der Waals surface area contributed by atoms with Crippen molar-refractivity contribution in [1.29, 1.82) is 0 Å². The van der Waals surface area contributed by atoms with Gasteiger partial charge in [0, 0.05) is 11.1 Å². The van der Waals surface area contributed by atoms with E-state index in [1.165, 1.54) is 18.2 Å². The minimum Gasteiger partial charge on any atom is -0.388 e. The van der Waals surface area contributed by atoms with Crippen molar-refractivity contribution in [2.45, 2.75) is 13.5 Å². The van der Waals surface area contributed by atoms with E-state index in [0.717, 1.165) is 0 Å². The van der Waals surface area contributed by atoms with Gasteiger partial charge in [0.15, 0.2) is 0 Å². The number of halogens is 1. The first-order chi connectivity index (χ1) is 7.00. The summed E-state index contributed by atoms with van der Waals surface area (Å²) in [6, 6.07) is 4.35. The van der Waals surface area contributed by atoms with E-state index in [2.05, 4.69) is 4.99 Å². The third-order valence-corrected chi connectivity index (χ3v) is 1.97. The number of rotatable bonds is 3. The number of nitrogens with zero attached hydrogens (tertiary/aromatic N) is 2. The van der Waals surface area contributed by atoms with Gasteiger partial charge in [0.1, 0.15) is 0 Å². The molecule has 6 heteroatoms. The van der Waals surface area contributed by atoms with E-state index < -0.39 is 4.92 Å². The summed E-state index contributed by atoms with van der Waals surface area (Å²) in [5.74, 6) is 0.379. The molecule has 0 bridgehead atoms.